The molecule has 3 N–H and O–H groups in total. The van der Waals surface area contributed by atoms with Gasteiger partial charge in [0.25, 0.3) is 5.91 Å². The molecule has 5 nitrogen and oxygen atoms in total. The van der Waals surface area contributed by atoms with Crippen molar-refractivity contribution in [1.29, 1.82) is 0 Å². The number of carbonyl (C=O) groups is 1. The zero-order valence-electron chi connectivity index (χ0n) is 12.1. The summed E-state index contributed by atoms with van der Waals surface area (Å²) < 4.78 is 5.20. The predicted octanol–water partition coefficient (Wildman–Crippen LogP) is 3.52. The van der Waals surface area contributed by atoms with Crippen LogP contribution in [0.1, 0.15) is 33.8 Å². The molecule has 1 heterocycles. The first-order valence-corrected chi connectivity index (χ1v) is 8.21. The van der Waals surface area contributed by atoms with E-state index in [4.69, 9.17) is 22.1 Å². The van der Waals surface area contributed by atoms with Crippen LogP contribution in [0.25, 0.3) is 0 Å². The number of nitrogens with zero attached hydrogens (tertiary/aromatic N) is 1. The first-order valence-electron chi connectivity index (χ1n) is 7.01. The molecular weight excluding hydrogens is 322 g/mol. The number of aryl methyl sites for hydroxylation is 2. The molecule has 1 amide bonds. The average Bonchev–Trinajstić information content (AvgIpc) is 2.91. The van der Waals surface area contributed by atoms with Crippen LogP contribution in [0.4, 0.5) is 10.8 Å². The zero-order chi connectivity index (χ0) is 15.7. The molecule has 0 saturated carbocycles. The fraction of sp³-hybridized carbons (Fsp3) is 0.333. The van der Waals surface area contributed by atoms with Gasteiger partial charge in [0, 0.05) is 10.9 Å². The number of thiazole rings is 1. The molecule has 0 radical (unpaired) electrons. The number of nitrogen functional groups attached to an aromatic ring is 1. The van der Waals surface area contributed by atoms with Gasteiger partial charge in [-0.05, 0) is 31.7 Å². The van der Waals surface area contributed by atoms with E-state index in [0.29, 0.717) is 27.2 Å². The van der Waals surface area contributed by atoms with Crippen LogP contribution >= 0.6 is 22.9 Å². The molecule has 2 aromatic rings. The Morgan fingerprint density at radius 1 is 1.41 bits per heavy atom. The van der Waals surface area contributed by atoms with Gasteiger partial charge in [0.05, 0.1) is 29.1 Å². The lowest BCUT2D eigenvalue weighted by molar-refractivity contribution is 0.102. The van der Waals surface area contributed by atoms with Crippen molar-refractivity contribution in [3.63, 3.8) is 0 Å². The molecule has 1 aliphatic carbocycles. The minimum atomic E-state index is -0.301. The highest BCUT2D eigenvalue weighted by Gasteiger charge is 2.19. The summed E-state index contributed by atoms with van der Waals surface area (Å²) in [4.78, 5) is 18.2. The molecule has 0 bridgehead atoms. The second-order valence-corrected chi connectivity index (χ2v) is 6.61. The fourth-order valence-electron chi connectivity index (χ4n) is 2.49. The number of carbonyl (C=O) groups excluding carboxylic acids is 1. The molecule has 1 aliphatic rings. The highest BCUT2D eigenvalue weighted by atomic mass is 35.5. The van der Waals surface area contributed by atoms with Crippen molar-refractivity contribution in [2.24, 2.45) is 0 Å². The van der Waals surface area contributed by atoms with Crippen LogP contribution in [0.5, 0.6) is 5.75 Å². The van der Waals surface area contributed by atoms with Gasteiger partial charge in [-0.3, -0.25) is 10.1 Å². The molecule has 7 heteroatoms. The second kappa shape index (κ2) is 6.14. The number of aromatic nitrogens is 1. The number of halogens is 1. The van der Waals surface area contributed by atoms with Gasteiger partial charge in [-0.25, -0.2) is 4.98 Å². The number of amides is 1. The van der Waals surface area contributed by atoms with E-state index in [1.165, 1.54) is 35.8 Å². The highest BCUT2D eigenvalue weighted by Crippen LogP contribution is 2.32. The van der Waals surface area contributed by atoms with Crippen molar-refractivity contribution in [3.8, 4) is 5.75 Å². The number of nitrogens with one attached hydrogen (secondary N) is 1. The van der Waals surface area contributed by atoms with Crippen LogP contribution in [-0.2, 0) is 12.8 Å². The summed E-state index contributed by atoms with van der Waals surface area (Å²) in [7, 11) is 1.49. The monoisotopic (exact) mass is 337 g/mol. The summed E-state index contributed by atoms with van der Waals surface area (Å²) in [6.45, 7) is 0. The smallest absolute Gasteiger partial charge is 0.261 e. The molecular formula is C15H16ClN3O2S. The number of hydrogen-bond acceptors (Lipinski definition) is 5. The molecule has 0 atom stereocenters. The quantitative estimate of drug-likeness (QED) is 0.840. The molecule has 22 heavy (non-hydrogen) atoms. The number of rotatable bonds is 3. The molecule has 0 aliphatic heterocycles. The number of fused-ring (bicyclic) bond motifs is 1. The Hall–Kier alpha value is -1.79. The van der Waals surface area contributed by atoms with Crippen LogP contribution in [0, 0.1) is 0 Å². The third-order valence-corrected chi connectivity index (χ3v) is 5.03. The summed E-state index contributed by atoms with van der Waals surface area (Å²) in [5.41, 5.74) is 7.55. The number of benzene rings is 1. The van der Waals surface area contributed by atoms with E-state index >= 15 is 0 Å². The summed E-state index contributed by atoms with van der Waals surface area (Å²) in [6, 6.07) is 3.06. The molecule has 0 fully saturated rings. The van der Waals surface area contributed by atoms with Crippen molar-refractivity contribution >= 4 is 39.7 Å². The van der Waals surface area contributed by atoms with Crippen molar-refractivity contribution in [2.45, 2.75) is 25.7 Å². The highest BCUT2D eigenvalue weighted by molar-refractivity contribution is 7.15. The number of anilines is 2. The second-order valence-electron chi connectivity index (χ2n) is 5.12. The predicted molar refractivity (Wildman–Crippen MR) is 89.1 cm³/mol. The molecule has 1 aromatic carbocycles. The standard InChI is InChI=1S/C15H16ClN3O2S/c1-21-12-7-10(17)9(16)6-8(12)14(20)19-15-18-11-4-2-3-5-13(11)22-15/h6-7H,2-5,17H2,1H3,(H,18,19,20). The lowest BCUT2D eigenvalue weighted by atomic mass is 10.0. The van der Waals surface area contributed by atoms with E-state index < -0.39 is 0 Å². The van der Waals surface area contributed by atoms with Crippen LogP contribution in [0.15, 0.2) is 12.1 Å². The minimum absolute atomic E-state index is 0.301. The van der Waals surface area contributed by atoms with E-state index in [9.17, 15) is 4.79 Å². The van der Waals surface area contributed by atoms with Crippen LogP contribution in [0.2, 0.25) is 5.02 Å². The normalized spacial score (nSPS) is 13.5. The van der Waals surface area contributed by atoms with Crippen molar-refractivity contribution in [1.82, 2.24) is 4.98 Å². The average molecular weight is 338 g/mol. The van der Waals surface area contributed by atoms with Crippen molar-refractivity contribution < 1.29 is 9.53 Å². The van der Waals surface area contributed by atoms with Gasteiger partial charge in [-0.2, -0.15) is 0 Å². The van der Waals surface area contributed by atoms with Crippen molar-refractivity contribution in [3.05, 3.63) is 33.3 Å². The summed E-state index contributed by atoms with van der Waals surface area (Å²) in [5.74, 6) is 0.0885. The molecule has 0 spiro atoms. The first kappa shape index (κ1) is 15.1. The van der Waals surface area contributed by atoms with Gasteiger partial charge in [0.15, 0.2) is 5.13 Å². The minimum Gasteiger partial charge on any atom is -0.496 e. The van der Waals surface area contributed by atoms with E-state index in [0.717, 1.165) is 25.0 Å². The van der Waals surface area contributed by atoms with Gasteiger partial charge in [-0.1, -0.05) is 11.6 Å². The van der Waals surface area contributed by atoms with E-state index in [1.807, 2.05) is 0 Å². The first-order chi connectivity index (χ1) is 10.6. The van der Waals surface area contributed by atoms with E-state index in [1.54, 1.807) is 6.07 Å². The zero-order valence-corrected chi connectivity index (χ0v) is 13.7. The maximum absolute atomic E-state index is 12.4. The summed E-state index contributed by atoms with van der Waals surface area (Å²) in [5, 5.41) is 3.77. The Morgan fingerprint density at radius 3 is 2.91 bits per heavy atom. The Bertz CT molecular complexity index is 706. The van der Waals surface area contributed by atoms with Gasteiger partial charge in [-0.15, -0.1) is 11.3 Å². The van der Waals surface area contributed by atoms with E-state index in [-0.39, 0.29) is 5.91 Å². The Labute approximate surface area is 137 Å². The Balaban J connectivity index is 1.85. The lowest BCUT2D eigenvalue weighted by Crippen LogP contribution is -2.13. The molecule has 3 rings (SSSR count). The lowest BCUT2D eigenvalue weighted by Gasteiger charge is -2.10. The third-order valence-electron chi connectivity index (χ3n) is 3.63. The van der Waals surface area contributed by atoms with E-state index in [2.05, 4.69) is 10.3 Å². The summed E-state index contributed by atoms with van der Waals surface area (Å²) >= 11 is 7.54. The maximum atomic E-state index is 12.4. The molecule has 1 aromatic heterocycles. The third kappa shape index (κ3) is 2.89. The van der Waals surface area contributed by atoms with Gasteiger partial charge >= 0.3 is 0 Å². The molecule has 116 valence electrons. The van der Waals surface area contributed by atoms with Crippen LogP contribution < -0.4 is 15.8 Å². The van der Waals surface area contributed by atoms with Gasteiger partial charge in [0.2, 0.25) is 0 Å². The van der Waals surface area contributed by atoms with Gasteiger partial charge in [0.1, 0.15) is 5.75 Å². The summed E-state index contributed by atoms with van der Waals surface area (Å²) in [6.07, 6.45) is 4.37. The fourth-order valence-corrected chi connectivity index (χ4v) is 3.69. The van der Waals surface area contributed by atoms with Crippen molar-refractivity contribution in [2.75, 3.05) is 18.2 Å². The number of hydrogen-bond donors (Lipinski definition) is 2. The van der Waals surface area contributed by atoms with Crippen LogP contribution in [-0.4, -0.2) is 18.0 Å². The number of nitrogens with two attached hydrogens (primary N) is 1. The SMILES string of the molecule is COc1cc(N)c(Cl)cc1C(=O)Nc1nc2c(s1)CCCC2. The van der Waals surface area contributed by atoms with Gasteiger partial charge < -0.3 is 10.5 Å². The Morgan fingerprint density at radius 2 is 2.18 bits per heavy atom. The molecule has 0 unspecified atom stereocenters. The Kier molecular flexibility index (Phi) is 4.22. The number of ether oxygens (including phenoxy) is 1. The largest absolute Gasteiger partial charge is 0.496 e. The molecule has 0 saturated heterocycles. The van der Waals surface area contributed by atoms with Crippen LogP contribution in [0.3, 0.4) is 0 Å². The number of methoxy groups -OCH3 is 1. The maximum Gasteiger partial charge on any atom is 0.261 e. The topological polar surface area (TPSA) is 77.2 Å².